The Morgan fingerprint density at radius 2 is 2.15 bits per heavy atom. The smallest absolute Gasteiger partial charge is 0.268 e. The second kappa shape index (κ2) is 7.39. The maximum absolute atomic E-state index is 12.8. The number of anilines is 1. The molecular weight excluding hydrogens is 409 g/mol. The lowest BCUT2D eigenvalue weighted by molar-refractivity contribution is -0.120. The number of H-pyrrole nitrogens is 1. The molecule has 3 atom stereocenters. The van der Waals surface area contributed by atoms with Gasteiger partial charge in [0.15, 0.2) is 0 Å². The van der Waals surface area contributed by atoms with Crippen molar-refractivity contribution in [2.75, 3.05) is 18.1 Å². The first-order chi connectivity index (χ1) is 13.0. The monoisotopic (exact) mass is 425 g/mol. The average molecular weight is 426 g/mol. The summed E-state index contributed by atoms with van der Waals surface area (Å²) in [6.45, 7) is 0.0265. The molecule has 142 valence electrons. The summed E-state index contributed by atoms with van der Waals surface area (Å²) in [5.74, 6) is -0.609. The second-order valence-electron chi connectivity index (χ2n) is 6.40. The zero-order chi connectivity index (χ0) is 19.1. The number of aromatic nitrogens is 1. The number of halogens is 2. The first-order valence-electron chi connectivity index (χ1n) is 8.48. The van der Waals surface area contributed by atoms with Crippen LogP contribution < -0.4 is 10.2 Å². The summed E-state index contributed by atoms with van der Waals surface area (Å²) in [7, 11) is 0. The summed E-state index contributed by atoms with van der Waals surface area (Å²) in [6, 6.07) is 8.51. The number of hydrogen-bond acceptors (Lipinski definition) is 4. The number of carbonyl (C=O) groups is 2. The van der Waals surface area contributed by atoms with E-state index in [1.165, 1.54) is 16.7 Å². The largest absolute Gasteiger partial charge is 0.395 e. The van der Waals surface area contributed by atoms with Crippen LogP contribution >= 0.6 is 35.0 Å². The minimum absolute atomic E-state index is 0.155. The van der Waals surface area contributed by atoms with Crippen LogP contribution in [0, 0.1) is 0 Å². The van der Waals surface area contributed by atoms with Gasteiger partial charge in [0.05, 0.1) is 6.61 Å². The fourth-order valence-corrected chi connectivity index (χ4v) is 5.22. The lowest BCUT2D eigenvalue weighted by atomic mass is 9.97. The number of β-amino-alcohol motifs (C(OH)–C–C–N with tert-alkyl or cyclic N) is 1. The summed E-state index contributed by atoms with van der Waals surface area (Å²) < 4.78 is -0.270. The van der Waals surface area contributed by atoms with Gasteiger partial charge >= 0.3 is 0 Å². The predicted octanol–water partition coefficient (Wildman–Crippen LogP) is 2.65. The van der Waals surface area contributed by atoms with Crippen LogP contribution in [0.3, 0.4) is 0 Å². The van der Waals surface area contributed by atoms with Crippen LogP contribution in [0.25, 0.3) is 0 Å². The highest BCUT2D eigenvalue weighted by molar-refractivity contribution is 8.01. The van der Waals surface area contributed by atoms with E-state index in [0.29, 0.717) is 12.1 Å². The molecule has 0 fully saturated rings. The van der Waals surface area contributed by atoms with Gasteiger partial charge in [0.25, 0.3) is 5.91 Å². The standard InChI is InChI=1S/C18H17Cl2N3O3S/c19-14-15-13(27-16(14)20)8-10(21-15)17(25)22-11-7-9-3-1-2-4-12(9)23(5-6-24)18(11)26/h1-4,8,11,14,16,21,24H,5-7H2,(H,22,25). The van der Waals surface area contributed by atoms with Crippen molar-refractivity contribution in [2.45, 2.75) is 27.4 Å². The fourth-order valence-electron chi connectivity index (χ4n) is 3.43. The zero-order valence-corrected chi connectivity index (χ0v) is 16.4. The molecule has 4 rings (SSSR count). The van der Waals surface area contributed by atoms with E-state index in [0.717, 1.165) is 21.8 Å². The van der Waals surface area contributed by atoms with Gasteiger partial charge in [0, 0.05) is 29.2 Å². The number of nitrogens with one attached hydrogen (secondary N) is 2. The molecular formula is C18H17Cl2N3O3S. The number of amides is 2. The molecule has 9 heteroatoms. The third-order valence-corrected chi connectivity index (χ3v) is 7.06. The van der Waals surface area contributed by atoms with Crippen molar-refractivity contribution in [3.05, 3.63) is 47.3 Å². The minimum atomic E-state index is -0.697. The third kappa shape index (κ3) is 3.33. The van der Waals surface area contributed by atoms with Crippen molar-refractivity contribution in [1.82, 2.24) is 10.3 Å². The zero-order valence-electron chi connectivity index (χ0n) is 14.1. The molecule has 2 aliphatic rings. The van der Waals surface area contributed by atoms with Gasteiger partial charge < -0.3 is 20.3 Å². The fraction of sp³-hybridized carbons (Fsp3) is 0.333. The Hall–Kier alpha value is -1.67. The molecule has 3 unspecified atom stereocenters. The van der Waals surface area contributed by atoms with E-state index < -0.39 is 11.4 Å². The molecule has 2 amide bonds. The van der Waals surface area contributed by atoms with Crippen LogP contribution in [-0.2, 0) is 11.2 Å². The van der Waals surface area contributed by atoms with Gasteiger partial charge in [0.1, 0.15) is 21.8 Å². The van der Waals surface area contributed by atoms with E-state index in [2.05, 4.69) is 10.3 Å². The molecule has 1 aromatic heterocycles. The number of alkyl halides is 2. The van der Waals surface area contributed by atoms with Gasteiger partial charge in [0.2, 0.25) is 5.91 Å². The number of carbonyl (C=O) groups excluding carboxylic acids is 2. The molecule has 6 nitrogen and oxygen atoms in total. The number of fused-ring (bicyclic) bond motifs is 2. The number of aliphatic hydroxyl groups is 1. The van der Waals surface area contributed by atoms with Crippen molar-refractivity contribution >= 4 is 52.5 Å². The number of aliphatic hydroxyl groups excluding tert-OH is 1. The van der Waals surface area contributed by atoms with Crippen molar-refractivity contribution < 1.29 is 14.7 Å². The number of benzene rings is 1. The molecule has 0 spiro atoms. The van der Waals surface area contributed by atoms with Crippen molar-refractivity contribution in [2.24, 2.45) is 0 Å². The van der Waals surface area contributed by atoms with Crippen LogP contribution in [0.2, 0.25) is 0 Å². The molecule has 0 saturated heterocycles. The summed E-state index contributed by atoms with van der Waals surface area (Å²) in [5.41, 5.74) is 2.80. The maximum Gasteiger partial charge on any atom is 0.268 e. The van der Waals surface area contributed by atoms with Gasteiger partial charge in [-0.3, -0.25) is 9.59 Å². The molecule has 3 N–H and O–H groups in total. The van der Waals surface area contributed by atoms with Crippen LogP contribution in [0.5, 0.6) is 0 Å². The number of rotatable bonds is 4. The summed E-state index contributed by atoms with van der Waals surface area (Å²) in [4.78, 5) is 30.9. The van der Waals surface area contributed by atoms with E-state index in [1.54, 1.807) is 6.07 Å². The Bertz CT molecular complexity index is 904. The molecule has 0 saturated carbocycles. The van der Waals surface area contributed by atoms with Crippen LogP contribution in [0.4, 0.5) is 5.69 Å². The van der Waals surface area contributed by atoms with E-state index >= 15 is 0 Å². The highest BCUT2D eigenvalue weighted by Gasteiger charge is 2.36. The first-order valence-corrected chi connectivity index (χ1v) is 10.2. The molecule has 3 heterocycles. The highest BCUT2D eigenvalue weighted by Crippen LogP contribution is 2.49. The van der Waals surface area contributed by atoms with Gasteiger partial charge in [-0.2, -0.15) is 0 Å². The van der Waals surface area contributed by atoms with Crippen LogP contribution in [0.15, 0.2) is 35.2 Å². The Labute approximate surface area is 170 Å². The third-order valence-electron chi connectivity index (χ3n) is 4.70. The van der Waals surface area contributed by atoms with Crippen LogP contribution in [0.1, 0.15) is 27.1 Å². The van der Waals surface area contributed by atoms with Gasteiger partial charge in [-0.05, 0) is 17.7 Å². The molecule has 27 heavy (non-hydrogen) atoms. The predicted molar refractivity (Wildman–Crippen MR) is 106 cm³/mol. The highest BCUT2D eigenvalue weighted by atomic mass is 35.5. The molecule has 0 bridgehead atoms. The van der Waals surface area contributed by atoms with Crippen LogP contribution in [-0.4, -0.2) is 45.8 Å². The summed E-state index contributed by atoms with van der Waals surface area (Å²) in [5, 5.41) is 11.7. The number of nitrogens with zero attached hydrogens (tertiary/aromatic N) is 1. The van der Waals surface area contributed by atoms with E-state index in [9.17, 15) is 14.7 Å². The van der Waals surface area contributed by atoms with Gasteiger partial charge in [-0.15, -0.1) is 35.0 Å². The molecule has 1 aromatic carbocycles. The maximum atomic E-state index is 12.8. The molecule has 2 aliphatic heterocycles. The van der Waals surface area contributed by atoms with E-state index in [-0.39, 0.29) is 29.7 Å². The van der Waals surface area contributed by atoms with Crippen molar-refractivity contribution in [1.29, 1.82) is 0 Å². The Kier molecular flexibility index (Phi) is 5.11. The van der Waals surface area contributed by atoms with Crippen molar-refractivity contribution in [3.8, 4) is 0 Å². The summed E-state index contributed by atoms with van der Waals surface area (Å²) in [6.07, 6.45) is 0.403. The average Bonchev–Trinajstić information content (AvgIpc) is 3.18. The van der Waals surface area contributed by atoms with E-state index in [1.807, 2.05) is 24.3 Å². The Morgan fingerprint density at radius 3 is 2.89 bits per heavy atom. The number of aromatic amines is 1. The van der Waals surface area contributed by atoms with E-state index in [4.69, 9.17) is 23.2 Å². The second-order valence-corrected chi connectivity index (χ2v) is 8.79. The molecule has 0 radical (unpaired) electrons. The normalized spacial score (nSPS) is 23.9. The Balaban J connectivity index is 1.54. The number of thioether (sulfide) groups is 1. The minimum Gasteiger partial charge on any atom is -0.395 e. The molecule has 2 aromatic rings. The Morgan fingerprint density at radius 1 is 1.37 bits per heavy atom. The van der Waals surface area contributed by atoms with Gasteiger partial charge in [-0.1, -0.05) is 18.2 Å². The van der Waals surface area contributed by atoms with Crippen molar-refractivity contribution in [3.63, 3.8) is 0 Å². The topological polar surface area (TPSA) is 85.4 Å². The number of para-hydroxylation sites is 1. The SMILES string of the molecule is O=C(NC1Cc2ccccc2N(CCO)C1=O)c1cc2c([nH]1)C(Cl)C(Cl)S2. The lowest BCUT2D eigenvalue weighted by Crippen LogP contribution is -2.53. The summed E-state index contributed by atoms with van der Waals surface area (Å²) >= 11 is 13.7. The van der Waals surface area contributed by atoms with Gasteiger partial charge in [-0.25, -0.2) is 0 Å². The first kappa shape index (κ1) is 18.7. The number of hydrogen-bond donors (Lipinski definition) is 3. The quantitative estimate of drug-likeness (QED) is 0.657. The lowest BCUT2D eigenvalue weighted by Gasteiger charge is -2.34. The molecule has 0 aliphatic carbocycles.